The number of hydrogen-bond donors (Lipinski definition) is 2. The van der Waals surface area contributed by atoms with E-state index in [1.807, 2.05) is 18.2 Å². The Labute approximate surface area is 149 Å². The molecule has 1 aliphatic rings. The summed E-state index contributed by atoms with van der Waals surface area (Å²) in [6.45, 7) is 6.34. The number of carbonyl (C=O) groups excluding carboxylic acids is 1. The normalized spacial score (nSPS) is 14.4. The van der Waals surface area contributed by atoms with E-state index in [4.69, 9.17) is 0 Å². The molecule has 3 rings (SSSR count). The van der Waals surface area contributed by atoms with Gasteiger partial charge < -0.3 is 15.5 Å². The molecule has 132 valence electrons. The quantitative estimate of drug-likeness (QED) is 0.860. The lowest BCUT2D eigenvalue weighted by atomic mass is 10.1. The van der Waals surface area contributed by atoms with Crippen molar-refractivity contribution in [3.63, 3.8) is 0 Å². The zero-order chi connectivity index (χ0) is 17.6. The van der Waals surface area contributed by atoms with Crippen LogP contribution in [0.3, 0.4) is 0 Å². The molecule has 1 saturated heterocycles. The number of amides is 1. The van der Waals surface area contributed by atoms with E-state index in [2.05, 4.69) is 46.5 Å². The van der Waals surface area contributed by atoms with Crippen molar-refractivity contribution in [2.45, 2.75) is 39.2 Å². The first-order valence-corrected chi connectivity index (χ1v) is 9.00. The molecule has 5 nitrogen and oxygen atoms in total. The number of nitrogens with zero attached hydrogens (tertiary/aromatic N) is 2. The van der Waals surface area contributed by atoms with E-state index >= 15 is 0 Å². The molecule has 0 saturated carbocycles. The van der Waals surface area contributed by atoms with Crippen molar-refractivity contribution in [1.29, 1.82) is 0 Å². The first-order chi connectivity index (χ1) is 12.1. The third kappa shape index (κ3) is 4.72. The van der Waals surface area contributed by atoms with Crippen LogP contribution in [0.5, 0.6) is 0 Å². The Bertz CT molecular complexity index is 706. The van der Waals surface area contributed by atoms with Gasteiger partial charge in [0.1, 0.15) is 0 Å². The minimum Gasteiger partial charge on any atom is -0.382 e. The summed E-state index contributed by atoms with van der Waals surface area (Å²) in [6.07, 6.45) is 7.15. The van der Waals surface area contributed by atoms with E-state index in [1.165, 1.54) is 24.9 Å². The predicted octanol–water partition coefficient (Wildman–Crippen LogP) is 4.14. The maximum Gasteiger partial charge on any atom is 0.257 e. The molecule has 0 atom stereocenters. The highest BCUT2D eigenvalue weighted by atomic mass is 16.1. The highest BCUT2D eigenvalue weighted by molar-refractivity contribution is 6.04. The summed E-state index contributed by atoms with van der Waals surface area (Å²) in [5.74, 6) is -0.148. The summed E-state index contributed by atoms with van der Waals surface area (Å²) in [5, 5.41) is 6.20. The van der Waals surface area contributed by atoms with Crippen LogP contribution in [-0.4, -0.2) is 30.0 Å². The Kier molecular flexibility index (Phi) is 5.53. The number of pyridine rings is 1. The van der Waals surface area contributed by atoms with Crippen molar-refractivity contribution in [1.82, 2.24) is 4.98 Å². The van der Waals surface area contributed by atoms with Crippen molar-refractivity contribution in [2.75, 3.05) is 28.6 Å². The lowest BCUT2D eigenvalue weighted by molar-refractivity contribution is 0.102. The van der Waals surface area contributed by atoms with E-state index in [-0.39, 0.29) is 5.91 Å². The molecule has 1 aliphatic heterocycles. The number of carbonyl (C=O) groups is 1. The van der Waals surface area contributed by atoms with E-state index in [9.17, 15) is 4.79 Å². The fourth-order valence-electron chi connectivity index (χ4n) is 3.09. The van der Waals surface area contributed by atoms with Gasteiger partial charge in [0, 0.05) is 42.9 Å². The Morgan fingerprint density at radius 2 is 1.76 bits per heavy atom. The van der Waals surface area contributed by atoms with Crippen molar-refractivity contribution < 1.29 is 4.79 Å². The van der Waals surface area contributed by atoms with E-state index in [1.54, 1.807) is 12.4 Å². The zero-order valence-corrected chi connectivity index (χ0v) is 15.0. The highest BCUT2D eigenvalue weighted by Crippen LogP contribution is 2.22. The van der Waals surface area contributed by atoms with Crippen LogP contribution in [-0.2, 0) is 0 Å². The molecule has 2 heterocycles. The van der Waals surface area contributed by atoms with Crippen LogP contribution in [0.1, 0.15) is 43.5 Å². The second-order valence-electron chi connectivity index (χ2n) is 6.81. The van der Waals surface area contributed by atoms with Crippen LogP contribution in [0.2, 0.25) is 0 Å². The minimum atomic E-state index is -0.148. The van der Waals surface area contributed by atoms with Crippen LogP contribution in [0.15, 0.2) is 42.7 Å². The van der Waals surface area contributed by atoms with Gasteiger partial charge in [-0.1, -0.05) is 0 Å². The molecule has 0 aliphatic carbocycles. The molecular weight excluding hydrogens is 312 g/mol. The molecule has 0 bridgehead atoms. The summed E-state index contributed by atoms with van der Waals surface area (Å²) < 4.78 is 0. The summed E-state index contributed by atoms with van der Waals surface area (Å²) in [7, 11) is 0. The van der Waals surface area contributed by atoms with Crippen molar-refractivity contribution in [2.24, 2.45) is 0 Å². The van der Waals surface area contributed by atoms with E-state index in [0.29, 0.717) is 11.6 Å². The molecular formula is C20H26N4O. The van der Waals surface area contributed by atoms with Crippen LogP contribution in [0.25, 0.3) is 0 Å². The number of benzene rings is 1. The first kappa shape index (κ1) is 17.3. The third-order valence-corrected chi connectivity index (χ3v) is 4.30. The fraction of sp³-hybridized carbons (Fsp3) is 0.400. The van der Waals surface area contributed by atoms with Gasteiger partial charge in [0.2, 0.25) is 0 Å². The second kappa shape index (κ2) is 8.01. The molecule has 5 heteroatoms. The molecule has 0 unspecified atom stereocenters. The molecule has 0 spiro atoms. The molecule has 1 amide bonds. The first-order valence-electron chi connectivity index (χ1n) is 9.00. The summed E-state index contributed by atoms with van der Waals surface area (Å²) in [6, 6.07) is 10.2. The van der Waals surface area contributed by atoms with Crippen LogP contribution < -0.4 is 15.5 Å². The minimum absolute atomic E-state index is 0.148. The highest BCUT2D eigenvalue weighted by Gasteiger charge is 2.12. The van der Waals surface area contributed by atoms with Gasteiger partial charge in [-0.3, -0.25) is 9.78 Å². The molecule has 25 heavy (non-hydrogen) atoms. The number of rotatable bonds is 5. The van der Waals surface area contributed by atoms with Gasteiger partial charge in [0.25, 0.3) is 5.91 Å². The van der Waals surface area contributed by atoms with Crippen LogP contribution in [0, 0.1) is 0 Å². The molecule has 2 aromatic rings. The topological polar surface area (TPSA) is 57.3 Å². The van der Waals surface area contributed by atoms with Crippen molar-refractivity contribution >= 4 is 23.0 Å². The van der Waals surface area contributed by atoms with Gasteiger partial charge >= 0.3 is 0 Å². The molecule has 1 aromatic heterocycles. The Balaban J connectivity index is 1.64. The molecule has 2 N–H and O–H groups in total. The van der Waals surface area contributed by atoms with Gasteiger partial charge in [-0.15, -0.1) is 0 Å². The third-order valence-electron chi connectivity index (χ3n) is 4.30. The number of aromatic nitrogens is 1. The van der Waals surface area contributed by atoms with Gasteiger partial charge in [-0.2, -0.15) is 0 Å². The van der Waals surface area contributed by atoms with Gasteiger partial charge in [0.15, 0.2) is 0 Å². The van der Waals surface area contributed by atoms with E-state index < -0.39 is 0 Å². The number of anilines is 3. The largest absolute Gasteiger partial charge is 0.382 e. The maximum atomic E-state index is 12.4. The maximum absolute atomic E-state index is 12.4. The molecule has 1 aromatic carbocycles. The van der Waals surface area contributed by atoms with Gasteiger partial charge in [0.05, 0.1) is 11.3 Å². The lowest BCUT2D eigenvalue weighted by Gasteiger charge is -2.28. The average molecular weight is 338 g/mol. The number of piperidine rings is 1. The van der Waals surface area contributed by atoms with Crippen molar-refractivity contribution in [3.8, 4) is 0 Å². The number of nitrogens with one attached hydrogen (secondary N) is 2. The average Bonchev–Trinajstić information content (AvgIpc) is 2.63. The molecule has 1 fully saturated rings. The smallest absolute Gasteiger partial charge is 0.257 e. The number of hydrogen-bond acceptors (Lipinski definition) is 4. The van der Waals surface area contributed by atoms with E-state index in [0.717, 1.165) is 24.5 Å². The van der Waals surface area contributed by atoms with Gasteiger partial charge in [-0.05, 0) is 63.4 Å². The molecule has 0 radical (unpaired) electrons. The fourth-order valence-corrected chi connectivity index (χ4v) is 3.09. The second-order valence-corrected chi connectivity index (χ2v) is 6.81. The Hall–Kier alpha value is -2.56. The SMILES string of the molecule is CC(C)Nc1cncc(C(=O)Nc2ccc(N3CCCCC3)cc2)c1. The van der Waals surface area contributed by atoms with Crippen LogP contribution in [0.4, 0.5) is 17.1 Å². The van der Waals surface area contributed by atoms with Crippen LogP contribution >= 0.6 is 0 Å². The predicted molar refractivity (Wildman–Crippen MR) is 103 cm³/mol. The Morgan fingerprint density at radius 1 is 1.04 bits per heavy atom. The monoisotopic (exact) mass is 338 g/mol. The summed E-state index contributed by atoms with van der Waals surface area (Å²) in [4.78, 5) is 19.0. The zero-order valence-electron chi connectivity index (χ0n) is 15.0. The lowest BCUT2D eigenvalue weighted by Crippen LogP contribution is -2.29. The van der Waals surface area contributed by atoms with Crippen molar-refractivity contribution in [3.05, 3.63) is 48.3 Å². The Morgan fingerprint density at radius 3 is 2.44 bits per heavy atom. The summed E-state index contributed by atoms with van der Waals surface area (Å²) >= 11 is 0. The standard InChI is InChI=1S/C20H26N4O/c1-15(2)22-18-12-16(13-21-14-18)20(25)23-17-6-8-19(9-7-17)24-10-4-3-5-11-24/h6-9,12-15,22H,3-5,10-11H2,1-2H3,(H,23,25). The van der Waals surface area contributed by atoms with Gasteiger partial charge in [-0.25, -0.2) is 0 Å². The summed E-state index contributed by atoms with van der Waals surface area (Å²) in [5.41, 5.74) is 3.42.